The zero-order valence-electron chi connectivity index (χ0n) is 22.7. The molecule has 1 unspecified atom stereocenters. The number of nitrogens with zero attached hydrogens (tertiary/aromatic N) is 2. The Kier molecular flexibility index (Phi) is 8.66. The maximum absolute atomic E-state index is 13.6. The summed E-state index contributed by atoms with van der Waals surface area (Å²) in [5.74, 6) is 1.32. The summed E-state index contributed by atoms with van der Waals surface area (Å²) in [6, 6.07) is 15.0. The number of benzene rings is 2. The summed E-state index contributed by atoms with van der Waals surface area (Å²) >= 11 is 0. The van der Waals surface area contributed by atoms with Gasteiger partial charge in [-0.3, -0.25) is 4.79 Å². The number of likely N-dealkylation sites (tertiary alicyclic amines) is 2. The third-order valence-electron chi connectivity index (χ3n) is 8.33. The third kappa shape index (κ3) is 6.56. The highest BCUT2D eigenvalue weighted by Gasteiger charge is 2.52. The minimum atomic E-state index is -0.230. The van der Waals surface area contributed by atoms with Gasteiger partial charge in [-0.2, -0.15) is 0 Å². The summed E-state index contributed by atoms with van der Waals surface area (Å²) in [7, 11) is 0. The van der Waals surface area contributed by atoms with E-state index in [1.165, 1.54) is 12.1 Å². The molecule has 3 saturated heterocycles. The normalized spacial score (nSPS) is 22.2. The first-order valence-corrected chi connectivity index (χ1v) is 14.1. The molecule has 0 saturated carbocycles. The number of rotatable bonds is 10. The zero-order chi connectivity index (χ0) is 26.5. The van der Waals surface area contributed by atoms with Crippen molar-refractivity contribution < 1.29 is 23.4 Å². The molecule has 1 atom stereocenters. The van der Waals surface area contributed by atoms with Crippen LogP contribution >= 0.6 is 0 Å². The van der Waals surface area contributed by atoms with Crippen molar-refractivity contribution in [3.05, 3.63) is 65.5 Å². The fourth-order valence-corrected chi connectivity index (χ4v) is 6.14. The van der Waals surface area contributed by atoms with E-state index >= 15 is 0 Å². The van der Waals surface area contributed by atoms with Crippen molar-refractivity contribution in [2.75, 3.05) is 39.5 Å². The minimum Gasteiger partial charge on any atom is -0.493 e. The van der Waals surface area contributed by atoms with Gasteiger partial charge < -0.3 is 24.0 Å². The van der Waals surface area contributed by atoms with Crippen LogP contribution in [0.3, 0.4) is 0 Å². The number of ether oxygens (including phenoxy) is 3. The van der Waals surface area contributed by atoms with Crippen LogP contribution in [0.25, 0.3) is 0 Å². The zero-order valence-corrected chi connectivity index (χ0v) is 22.7. The molecule has 2 aromatic rings. The molecule has 0 radical (unpaired) electrons. The van der Waals surface area contributed by atoms with E-state index in [-0.39, 0.29) is 29.5 Å². The molecular weight excluding hydrogens is 483 g/mol. The largest absolute Gasteiger partial charge is 0.493 e. The van der Waals surface area contributed by atoms with E-state index in [1.54, 1.807) is 0 Å². The lowest BCUT2D eigenvalue weighted by atomic mass is 9.70. The molecule has 1 spiro atoms. The molecule has 3 fully saturated rings. The molecule has 5 rings (SSSR count). The molecule has 7 heteroatoms. The van der Waals surface area contributed by atoms with Crippen molar-refractivity contribution in [1.82, 2.24) is 9.80 Å². The van der Waals surface area contributed by atoms with E-state index in [9.17, 15) is 9.18 Å². The number of hydrogen-bond acceptors (Lipinski definition) is 5. The van der Waals surface area contributed by atoms with Gasteiger partial charge in [0.2, 0.25) is 5.91 Å². The highest BCUT2D eigenvalue weighted by atomic mass is 19.1. The number of amides is 1. The van der Waals surface area contributed by atoms with E-state index in [2.05, 4.69) is 35.8 Å². The molecule has 0 bridgehead atoms. The van der Waals surface area contributed by atoms with Gasteiger partial charge in [0, 0.05) is 37.4 Å². The van der Waals surface area contributed by atoms with Gasteiger partial charge in [-0.15, -0.1) is 0 Å². The summed E-state index contributed by atoms with van der Waals surface area (Å²) in [5, 5.41) is 0. The maximum atomic E-state index is 13.6. The standard InChI is InChI=1S/C31H41FN2O4/c1-23(2)22-38-27-9-5-25(6-10-27)21-34-28(19-24-3-7-26(32)8-4-24)31(20-29(34)35)12-15-33(16-13-31)14-11-30-36-17-18-37-30/h3-10,23,28,30H,11-22H2,1-2H3. The molecule has 3 heterocycles. The average Bonchev–Trinajstić information content (AvgIpc) is 3.52. The number of piperidine rings is 1. The average molecular weight is 525 g/mol. The molecule has 0 aromatic heterocycles. The summed E-state index contributed by atoms with van der Waals surface area (Å²) in [6.07, 6.45) is 4.09. The number of halogens is 1. The Morgan fingerprint density at radius 2 is 1.66 bits per heavy atom. The van der Waals surface area contributed by atoms with E-state index in [4.69, 9.17) is 14.2 Å². The molecule has 1 amide bonds. The van der Waals surface area contributed by atoms with Gasteiger partial charge in [0.1, 0.15) is 11.6 Å². The lowest BCUT2D eigenvalue weighted by Crippen LogP contribution is -2.48. The Bertz CT molecular complexity index is 1040. The Labute approximate surface area is 226 Å². The van der Waals surface area contributed by atoms with Crippen LogP contribution in [-0.4, -0.2) is 67.5 Å². The Morgan fingerprint density at radius 3 is 2.32 bits per heavy atom. The van der Waals surface area contributed by atoms with Gasteiger partial charge in [0.15, 0.2) is 6.29 Å². The Balaban J connectivity index is 1.28. The van der Waals surface area contributed by atoms with Crippen LogP contribution < -0.4 is 4.74 Å². The maximum Gasteiger partial charge on any atom is 0.223 e. The van der Waals surface area contributed by atoms with Crippen molar-refractivity contribution in [3.63, 3.8) is 0 Å². The number of carbonyl (C=O) groups excluding carboxylic acids is 1. The fourth-order valence-electron chi connectivity index (χ4n) is 6.14. The Hall–Kier alpha value is -2.48. The second kappa shape index (κ2) is 12.1. The molecule has 3 aliphatic rings. The number of carbonyl (C=O) groups is 1. The summed E-state index contributed by atoms with van der Waals surface area (Å²) in [6.45, 7) is 9.79. The fraction of sp³-hybridized carbons (Fsp3) is 0.581. The van der Waals surface area contributed by atoms with Crippen molar-refractivity contribution in [3.8, 4) is 5.75 Å². The quantitative estimate of drug-likeness (QED) is 0.436. The molecule has 206 valence electrons. The molecular formula is C31H41FN2O4. The van der Waals surface area contributed by atoms with E-state index in [0.717, 1.165) is 62.2 Å². The monoisotopic (exact) mass is 524 g/mol. The van der Waals surface area contributed by atoms with Gasteiger partial charge in [0.25, 0.3) is 0 Å². The number of hydrogen-bond donors (Lipinski definition) is 0. The highest BCUT2D eigenvalue weighted by molar-refractivity contribution is 5.80. The van der Waals surface area contributed by atoms with Crippen LogP contribution in [0.15, 0.2) is 48.5 Å². The molecule has 0 N–H and O–H groups in total. The Morgan fingerprint density at radius 1 is 1.00 bits per heavy atom. The van der Waals surface area contributed by atoms with Crippen LogP contribution in [0, 0.1) is 17.2 Å². The van der Waals surface area contributed by atoms with Crippen LogP contribution in [-0.2, 0) is 27.2 Å². The molecule has 6 nitrogen and oxygen atoms in total. The second-order valence-electron chi connectivity index (χ2n) is 11.6. The molecule has 0 aliphatic carbocycles. The predicted molar refractivity (Wildman–Crippen MR) is 144 cm³/mol. The summed E-state index contributed by atoms with van der Waals surface area (Å²) in [5.41, 5.74) is 2.11. The van der Waals surface area contributed by atoms with Crippen molar-refractivity contribution in [2.24, 2.45) is 11.3 Å². The van der Waals surface area contributed by atoms with Crippen LogP contribution in [0.5, 0.6) is 5.75 Å². The first kappa shape index (κ1) is 27.1. The van der Waals surface area contributed by atoms with E-state index < -0.39 is 0 Å². The van der Waals surface area contributed by atoms with Crippen LogP contribution in [0.1, 0.15) is 50.7 Å². The lowest BCUT2D eigenvalue weighted by molar-refractivity contribution is -0.129. The van der Waals surface area contributed by atoms with E-state index in [0.29, 0.717) is 38.7 Å². The highest BCUT2D eigenvalue weighted by Crippen LogP contribution is 2.48. The van der Waals surface area contributed by atoms with Gasteiger partial charge in [0.05, 0.1) is 19.8 Å². The van der Waals surface area contributed by atoms with E-state index in [1.807, 2.05) is 24.3 Å². The smallest absolute Gasteiger partial charge is 0.223 e. The lowest BCUT2D eigenvalue weighted by Gasteiger charge is -2.44. The van der Waals surface area contributed by atoms with Crippen LogP contribution in [0.2, 0.25) is 0 Å². The third-order valence-corrected chi connectivity index (χ3v) is 8.33. The van der Waals surface area contributed by atoms with Crippen molar-refractivity contribution in [2.45, 2.75) is 64.8 Å². The van der Waals surface area contributed by atoms with Gasteiger partial charge >= 0.3 is 0 Å². The van der Waals surface area contributed by atoms with Gasteiger partial charge in [-0.05, 0) is 73.7 Å². The topological polar surface area (TPSA) is 51.2 Å². The SMILES string of the molecule is CC(C)COc1ccc(CN2C(=O)CC3(CCN(CCC4OCCO4)CC3)C2Cc2ccc(F)cc2)cc1. The van der Waals surface area contributed by atoms with Crippen LogP contribution in [0.4, 0.5) is 4.39 Å². The molecule has 2 aromatic carbocycles. The molecule has 3 aliphatic heterocycles. The first-order chi connectivity index (χ1) is 18.4. The summed E-state index contributed by atoms with van der Waals surface area (Å²) < 4.78 is 30.7. The van der Waals surface area contributed by atoms with Gasteiger partial charge in [-0.25, -0.2) is 4.39 Å². The molecule has 38 heavy (non-hydrogen) atoms. The van der Waals surface area contributed by atoms with Crippen molar-refractivity contribution in [1.29, 1.82) is 0 Å². The summed E-state index contributed by atoms with van der Waals surface area (Å²) in [4.78, 5) is 18.1. The van der Waals surface area contributed by atoms with Gasteiger partial charge in [-0.1, -0.05) is 38.1 Å². The van der Waals surface area contributed by atoms with Crippen molar-refractivity contribution >= 4 is 5.91 Å². The first-order valence-electron chi connectivity index (χ1n) is 14.1. The second-order valence-corrected chi connectivity index (χ2v) is 11.6. The predicted octanol–water partition coefficient (Wildman–Crippen LogP) is 5.05. The minimum absolute atomic E-state index is 0.0668.